The number of furan rings is 1. The molecule has 1 N–H and O–H groups in total. The average molecular weight is 433 g/mol. The summed E-state index contributed by atoms with van der Waals surface area (Å²) >= 11 is 12.4. The lowest BCUT2D eigenvalue weighted by atomic mass is 10.1. The zero-order chi connectivity index (χ0) is 20.4. The molecule has 0 bridgehead atoms. The van der Waals surface area contributed by atoms with E-state index in [4.69, 9.17) is 32.4 Å². The van der Waals surface area contributed by atoms with Crippen LogP contribution >= 0.6 is 23.2 Å². The molecule has 3 aromatic rings. The molecular formula is C21H18Cl2N2O4. The summed E-state index contributed by atoms with van der Waals surface area (Å²) in [6.45, 7) is 1.88. The van der Waals surface area contributed by atoms with Gasteiger partial charge in [-0.25, -0.2) is 0 Å². The molecule has 1 saturated heterocycles. The Kier molecular flexibility index (Phi) is 5.76. The Bertz CT molecular complexity index is 1050. The van der Waals surface area contributed by atoms with Gasteiger partial charge >= 0.3 is 0 Å². The molecule has 0 aliphatic carbocycles. The number of halogens is 2. The van der Waals surface area contributed by atoms with Crippen LogP contribution < -0.4 is 5.32 Å². The normalized spacial score (nSPS) is 14.2. The number of rotatable bonds is 4. The first-order valence-electron chi connectivity index (χ1n) is 9.16. The monoisotopic (exact) mass is 432 g/mol. The predicted octanol–water partition coefficient (Wildman–Crippen LogP) is 4.39. The second kappa shape index (κ2) is 8.45. The van der Waals surface area contributed by atoms with Crippen molar-refractivity contribution in [3.8, 4) is 0 Å². The highest BCUT2D eigenvalue weighted by molar-refractivity contribution is 6.36. The summed E-state index contributed by atoms with van der Waals surface area (Å²) in [6, 6.07) is 12.3. The lowest BCUT2D eigenvalue weighted by molar-refractivity contribution is -0.115. The third kappa shape index (κ3) is 4.10. The second-order valence-corrected chi connectivity index (χ2v) is 7.45. The molecule has 4 rings (SSSR count). The van der Waals surface area contributed by atoms with E-state index in [2.05, 4.69) is 5.32 Å². The lowest BCUT2D eigenvalue weighted by Gasteiger charge is -2.26. The number of nitrogens with zero attached hydrogens (tertiary/aromatic N) is 1. The van der Waals surface area contributed by atoms with Gasteiger partial charge in [0, 0.05) is 28.5 Å². The minimum atomic E-state index is -0.345. The topological polar surface area (TPSA) is 71.8 Å². The number of hydrogen-bond donors (Lipinski definition) is 1. The maximum atomic E-state index is 13.0. The van der Waals surface area contributed by atoms with Gasteiger partial charge in [0.2, 0.25) is 11.7 Å². The van der Waals surface area contributed by atoms with E-state index in [1.54, 1.807) is 35.2 Å². The standard InChI is InChI=1S/C21H18Cl2N2O4/c22-15-5-3-6-16(23)14(15)12-18(26)24-19-13-4-1-2-7-17(13)29-20(19)21(27)25-8-10-28-11-9-25/h1-7H,8-12H2,(H,24,26). The molecule has 0 saturated carbocycles. The maximum Gasteiger partial charge on any atom is 0.291 e. The molecule has 1 fully saturated rings. The van der Waals surface area contributed by atoms with E-state index in [1.165, 1.54) is 0 Å². The van der Waals surface area contributed by atoms with Crippen molar-refractivity contribution in [3.05, 3.63) is 63.8 Å². The van der Waals surface area contributed by atoms with Gasteiger partial charge in [-0.3, -0.25) is 9.59 Å². The number of anilines is 1. The molecule has 1 aromatic heterocycles. The zero-order valence-corrected chi connectivity index (χ0v) is 16.9. The van der Waals surface area contributed by atoms with E-state index < -0.39 is 0 Å². The van der Waals surface area contributed by atoms with Crippen molar-refractivity contribution in [3.63, 3.8) is 0 Å². The van der Waals surface area contributed by atoms with Gasteiger partial charge in [-0.05, 0) is 29.8 Å². The Balaban J connectivity index is 1.65. The van der Waals surface area contributed by atoms with Crippen LogP contribution in [0.2, 0.25) is 10.0 Å². The van der Waals surface area contributed by atoms with E-state index >= 15 is 0 Å². The molecule has 1 aliphatic rings. The van der Waals surface area contributed by atoms with Crippen molar-refractivity contribution >= 4 is 51.7 Å². The lowest BCUT2D eigenvalue weighted by Crippen LogP contribution is -2.40. The molecule has 0 unspecified atom stereocenters. The van der Waals surface area contributed by atoms with Crippen LogP contribution in [0.5, 0.6) is 0 Å². The maximum absolute atomic E-state index is 13.0. The number of ether oxygens (including phenoxy) is 1. The van der Waals surface area contributed by atoms with Crippen molar-refractivity contribution in [2.24, 2.45) is 0 Å². The summed E-state index contributed by atoms with van der Waals surface area (Å²) in [4.78, 5) is 27.4. The molecule has 1 aliphatic heterocycles. The fourth-order valence-electron chi connectivity index (χ4n) is 3.28. The van der Waals surface area contributed by atoms with Crippen LogP contribution in [-0.2, 0) is 16.0 Å². The third-order valence-electron chi connectivity index (χ3n) is 4.75. The summed E-state index contributed by atoms with van der Waals surface area (Å²) < 4.78 is 11.1. The highest BCUT2D eigenvalue weighted by Gasteiger charge is 2.27. The van der Waals surface area contributed by atoms with Crippen molar-refractivity contribution < 1.29 is 18.7 Å². The van der Waals surface area contributed by atoms with E-state index in [9.17, 15) is 9.59 Å². The van der Waals surface area contributed by atoms with Gasteiger partial charge in [-0.1, -0.05) is 41.4 Å². The van der Waals surface area contributed by atoms with Crippen molar-refractivity contribution in [2.75, 3.05) is 31.6 Å². The van der Waals surface area contributed by atoms with Crippen LogP contribution in [0, 0.1) is 0 Å². The fourth-order valence-corrected chi connectivity index (χ4v) is 3.81. The van der Waals surface area contributed by atoms with E-state index in [1.807, 2.05) is 12.1 Å². The molecule has 0 radical (unpaired) electrons. The van der Waals surface area contributed by atoms with Crippen LogP contribution in [-0.4, -0.2) is 43.0 Å². The number of para-hydroxylation sites is 1. The first-order valence-corrected chi connectivity index (χ1v) is 9.91. The Labute approximate surface area is 177 Å². The first kappa shape index (κ1) is 19.8. The Morgan fingerprint density at radius 1 is 1.00 bits per heavy atom. The predicted molar refractivity (Wildman–Crippen MR) is 112 cm³/mol. The van der Waals surface area contributed by atoms with Gasteiger partial charge in [-0.2, -0.15) is 0 Å². The SMILES string of the molecule is O=C(Cc1c(Cl)cccc1Cl)Nc1c(C(=O)N2CCOCC2)oc2ccccc12. The van der Waals surface area contributed by atoms with Crippen molar-refractivity contribution in [2.45, 2.75) is 6.42 Å². The number of carbonyl (C=O) groups is 2. The quantitative estimate of drug-likeness (QED) is 0.663. The number of fused-ring (bicyclic) bond motifs is 1. The largest absolute Gasteiger partial charge is 0.449 e. The second-order valence-electron chi connectivity index (χ2n) is 6.63. The van der Waals surface area contributed by atoms with Crippen LogP contribution in [0.3, 0.4) is 0 Å². The molecule has 0 atom stereocenters. The average Bonchev–Trinajstić information content (AvgIpc) is 3.09. The summed E-state index contributed by atoms with van der Waals surface area (Å²) in [5, 5.41) is 4.31. The molecule has 0 spiro atoms. The van der Waals surface area contributed by atoms with Crippen molar-refractivity contribution in [1.82, 2.24) is 4.90 Å². The summed E-state index contributed by atoms with van der Waals surface area (Å²) in [7, 11) is 0. The number of amides is 2. The third-order valence-corrected chi connectivity index (χ3v) is 5.46. The Hall–Kier alpha value is -2.54. The Morgan fingerprint density at radius 3 is 2.41 bits per heavy atom. The van der Waals surface area contributed by atoms with Gasteiger partial charge in [-0.15, -0.1) is 0 Å². The number of benzene rings is 2. The van der Waals surface area contributed by atoms with Crippen LogP contribution in [0.1, 0.15) is 16.1 Å². The fraction of sp³-hybridized carbons (Fsp3) is 0.238. The molecule has 6 nitrogen and oxygen atoms in total. The molecule has 29 heavy (non-hydrogen) atoms. The molecule has 150 valence electrons. The molecule has 2 aromatic carbocycles. The minimum Gasteiger partial charge on any atom is -0.449 e. The summed E-state index contributed by atoms with van der Waals surface area (Å²) in [5.41, 5.74) is 1.41. The smallest absolute Gasteiger partial charge is 0.291 e. The van der Waals surface area contributed by atoms with Gasteiger partial charge in [0.1, 0.15) is 11.3 Å². The van der Waals surface area contributed by atoms with Crippen LogP contribution in [0.15, 0.2) is 46.9 Å². The van der Waals surface area contributed by atoms with E-state index in [-0.39, 0.29) is 24.0 Å². The van der Waals surface area contributed by atoms with Crippen molar-refractivity contribution in [1.29, 1.82) is 0 Å². The molecule has 8 heteroatoms. The van der Waals surface area contributed by atoms with E-state index in [0.717, 1.165) is 0 Å². The molecule has 2 heterocycles. The van der Waals surface area contributed by atoms with Crippen LogP contribution in [0.4, 0.5) is 5.69 Å². The first-order chi connectivity index (χ1) is 14.0. The number of carbonyl (C=O) groups excluding carboxylic acids is 2. The van der Waals surface area contributed by atoms with E-state index in [0.29, 0.717) is 58.6 Å². The summed E-state index contributed by atoms with van der Waals surface area (Å²) in [6.07, 6.45) is -0.0246. The van der Waals surface area contributed by atoms with Crippen LogP contribution in [0.25, 0.3) is 11.0 Å². The number of hydrogen-bond acceptors (Lipinski definition) is 4. The minimum absolute atomic E-state index is 0.0246. The van der Waals surface area contributed by atoms with Gasteiger partial charge in [0.25, 0.3) is 5.91 Å². The molecule has 2 amide bonds. The number of nitrogens with one attached hydrogen (secondary N) is 1. The zero-order valence-electron chi connectivity index (χ0n) is 15.4. The highest BCUT2D eigenvalue weighted by atomic mass is 35.5. The van der Waals surface area contributed by atoms with Gasteiger partial charge < -0.3 is 19.4 Å². The van der Waals surface area contributed by atoms with Gasteiger partial charge in [0.15, 0.2) is 0 Å². The Morgan fingerprint density at radius 2 is 1.69 bits per heavy atom. The van der Waals surface area contributed by atoms with Gasteiger partial charge in [0.05, 0.1) is 19.6 Å². The number of morpholine rings is 1. The molecular weight excluding hydrogens is 415 g/mol. The highest BCUT2D eigenvalue weighted by Crippen LogP contribution is 2.33. The summed E-state index contributed by atoms with van der Waals surface area (Å²) in [5.74, 6) is -0.523.